The Hall–Kier alpha value is -4.24. The molecule has 0 bridgehead atoms. The standard InChI is InChI=1S/C28H26N4O4S/c1-16-22(18(3)32(30-16)20-9-7-6-8-10-20)15-23-26(33)31-25(19-11-13-21(35-4)14-12-19)24(27(34)36-5)17(2)29-28(31)37-23/h6-15,25H,1-5H3/b23-15-/t25-/m0/s1. The summed E-state index contributed by atoms with van der Waals surface area (Å²) in [5.74, 6) is 0.157. The number of aryl methyl sites for hydroxylation is 1. The van der Waals surface area contributed by atoms with Gasteiger partial charge in [-0.05, 0) is 56.7 Å². The van der Waals surface area contributed by atoms with E-state index >= 15 is 0 Å². The summed E-state index contributed by atoms with van der Waals surface area (Å²) in [6, 6.07) is 16.5. The number of carbonyl (C=O) groups is 1. The summed E-state index contributed by atoms with van der Waals surface area (Å²) in [7, 11) is 2.92. The summed E-state index contributed by atoms with van der Waals surface area (Å²) in [6.07, 6.45) is 1.86. The van der Waals surface area contributed by atoms with Gasteiger partial charge >= 0.3 is 5.97 Å². The van der Waals surface area contributed by atoms with Crippen molar-refractivity contribution in [1.82, 2.24) is 14.3 Å². The van der Waals surface area contributed by atoms with Gasteiger partial charge in [0.2, 0.25) is 0 Å². The largest absolute Gasteiger partial charge is 0.497 e. The molecule has 1 aliphatic heterocycles. The van der Waals surface area contributed by atoms with Crippen LogP contribution in [0.15, 0.2) is 75.7 Å². The Kier molecular flexibility index (Phi) is 6.39. The van der Waals surface area contributed by atoms with Gasteiger partial charge in [0.25, 0.3) is 5.56 Å². The zero-order chi connectivity index (χ0) is 26.3. The summed E-state index contributed by atoms with van der Waals surface area (Å²) in [6.45, 7) is 5.67. The third-order valence-electron chi connectivity index (χ3n) is 6.48. The highest BCUT2D eigenvalue weighted by atomic mass is 32.1. The number of ether oxygens (including phenoxy) is 2. The molecule has 0 amide bonds. The number of hydrogen-bond donors (Lipinski definition) is 0. The van der Waals surface area contributed by atoms with E-state index in [1.54, 1.807) is 30.7 Å². The molecule has 4 aromatic rings. The van der Waals surface area contributed by atoms with Gasteiger partial charge in [-0.3, -0.25) is 9.36 Å². The molecule has 0 fully saturated rings. The number of nitrogens with zero attached hydrogens (tertiary/aromatic N) is 4. The van der Waals surface area contributed by atoms with Crippen LogP contribution < -0.4 is 19.6 Å². The van der Waals surface area contributed by atoms with Crippen LogP contribution in [0.4, 0.5) is 0 Å². The van der Waals surface area contributed by atoms with Gasteiger partial charge in [-0.2, -0.15) is 5.10 Å². The van der Waals surface area contributed by atoms with E-state index in [4.69, 9.17) is 14.6 Å². The minimum atomic E-state index is -0.675. The fraction of sp³-hybridized carbons (Fsp3) is 0.214. The first kappa shape index (κ1) is 24.5. The average molecular weight is 515 g/mol. The number of para-hydroxylation sites is 1. The Morgan fingerprint density at radius 1 is 1.03 bits per heavy atom. The number of methoxy groups -OCH3 is 2. The number of esters is 1. The van der Waals surface area contributed by atoms with E-state index in [2.05, 4.69) is 4.99 Å². The van der Waals surface area contributed by atoms with Gasteiger partial charge in [0, 0.05) is 11.3 Å². The van der Waals surface area contributed by atoms with Gasteiger partial charge in [-0.15, -0.1) is 0 Å². The van der Waals surface area contributed by atoms with Gasteiger partial charge in [-0.25, -0.2) is 14.5 Å². The van der Waals surface area contributed by atoms with E-state index in [0.717, 1.165) is 28.2 Å². The van der Waals surface area contributed by atoms with E-state index < -0.39 is 12.0 Å². The van der Waals surface area contributed by atoms with Crippen LogP contribution in [0.3, 0.4) is 0 Å². The summed E-state index contributed by atoms with van der Waals surface area (Å²) < 4.78 is 14.3. The number of thiazole rings is 1. The molecular formula is C28H26N4O4S. The Morgan fingerprint density at radius 3 is 2.38 bits per heavy atom. The third kappa shape index (κ3) is 4.21. The highest BCUT2D eigenvalue weighted by Gasteiger charge is 2.33. The van der Waals surface area contributed by atoms with Crippen molar-refractivity contribution in [2.75, 3.05) is 14.2 Å². The molecule has 188 valence electrons. The molecular weight excluding hydrogens is 488 g/mol. The van der Waals surface area contributed by atoms with Crippen molar-refractivity contribution in [3.63, 3.8) is 0 Å². The zero-order valence-corrected chi connectivity index (χ0v) is 22.0. The monoisotopic (exact) mass is 514 g/mol. The molecule has 3 heterocycles. The number of aromatic nitrogens is 3. The smallest absolute Gasteiger partial charge is 0.338 e. The van der Waals surface area contributed by atoms with Crippen molar-refractivity contribution < 1.29 is 14.3 Å². The second-order valence-corrected chi connectivity index (χ2v) is 9.69. The molecule has 8 nitrogen and oxygen atoms in total. The minimum absolute atomic E-state index is 0.232. The van der Waals surface area contributed by atoms with E-state index in [9.17, 15) is 9.59 Å². The maximum Gasteiger partial charge on any atom is 0.338 e. The van der Waals surface area contributed by atoms with Crippen molar-refractivity contribution in [1.29, 1.82) is 0 Å². The molecule has 0 aliphatic carbocycles. The van der Waals surface area contributed by atoms with Crippen LogP contribution in [-0.4, -0.2) is 34.5 Å². The topological polar surface area (TPSA) is 87.7 Å². The maximum absolute atomic E-state index is 13.8. The second-order valence-electron chi connectivity index (χ2n) is 8.68. The SMILES string of the molecule is COC(=O)C1=C(C)N=c2s/c(=C\c3c(C)nn(-c4ccccc4)c3C)c(=O)n2[C@H]1c1ccc(OC)cc1. The normalized spacial score (nSPS) is 15.4. The summed E-state index contributed by atoms with van der Waals surface area (Å²) >= 11 is 1.29. The molecule has 2 aromatic carbocycles. The molecule has 9 heteroatoms. The summed E-state index contributed by atoms with van der Waals surface area (Å²) in [5.41, 5.74) is 4.93. The molecule has 5 rings (SSSR count). The molecule has 1 atom stereocenters. The molecule has 0 saturated heterocycles. The van der Waals surface area contributed by atoms with Gasteiger partial charge in [-0.1, -0.05) is 41.7 Å². The third-order valence-corrected chi connectivity index (χ3v) is 7.46. The Labute approximate surface area is 217 Å². The Bertz CT molecular complexity index is 1710. The predicted octanol–water partition coefficient (Wildman–Crippen LogP) is 3.22. The first-order valence-corrected chi connectivity index (χ1v) is 12.5. The lowest BCUT2D eigenvalue weighted by Gasteiger charge is -2.24. The fourth-order valence-electron chi connectivity index (χ4n) is 4.61. The lowest BCUT2D eigenvalue weighted by atomic mass is 9.96. The van der Waals surface area contributed by atoms with Crippen LogP contribution in [0, 0.1) is 13.8 Å². The van der Waals surface area contributed by atoms with Crippen LogP contribution in [0.2, 0.25) is 0 Å². The molecule has 2 aromatic heterocycles. The first-order chi connectivity index (χ1) is 17.8. The lowest BCUT2D eigenvalue weighted by Crippen LogP contribution is -2.39. The molecule has 0 spiro atoms. The minimum Gasteiger partial charge on any atom is -0.497 e. The number of fused-ring (bicyclic) bond motifs is 1. The van der Waals surface area contributed by atoms with Crippen molar-refractivity contribution in [2.24, 2.45) is 4.99 Å². The summed E-state index contributed by atoms with van der Waals surface area (Å²) in [4.78, 5) is 31.8. The molecule has 0 radical (unpaired) electrons. The summed E-state index contributed by atoms with van der Waals surface area (Å²) in [5, 5.41) is 4.70. The quantitative estimate of drug-likeness (QED) is 0.382. The van der Waals surface area contributed by atoms with E-state index in [0.29, 0.717) is 26.4 Å². The molecule has 0 saturated carbocycles. The highest BCUT2D eigenvalue weighted by Crippen LogP contribution is 2.31. The van der Waals surface area contributed by atoms with Crippen molar-refractivity contribution in [2.45, 2.75) is 26.8 Å². The van der Waals surface area contributed by atoms with Crippen LogP contribution in [0.1, 0.15) is 35.5 Å². The Balaban J connectivity index is 1.70. The molecule has 0 N–H and O–H groups in total. The number of rotatable bonds is 5. The lowest BCUT2D eigenvalue weighted by molar-refractivity contribution is -0.136. The second kappa shape index (κ2) is 9.67. The first-order valence-electron chi connectivity index (χ1n) is 11.7. The van der Waals surface area contributed by atoms with Crippen LogP contribution >= 0.6 is 11.3 Å². The number of carbonyl (C=O) groups excluding carboxylic acids is 1. The molecule has 1 aliphatic rings. The number of hydrogen-bond acceptors (Lipinski definition) is 7. The van der Waals surface area contributed by atoms with Crippen LogP contribution in [0.5, 0.6) is 5.75 Å². The van der Waals surface area contributed by atoms with E-state index in [1.807, 2.05) is 67.1 Å². The van der Waals surface area contributed by atoms with Gasteiger partial charge in [0.1, 0.15) is 5.75 Å². The molecule has 37 heavy (non-hydrogen) atoms. The highest BCUT2D eigenvalue weighted by molar-refractivity contribution is 7.07. The fourth-order valence-corrected chi connectivity index (χ4v) is 5.64. The van der Waals surface area contributed by atoms with Gasteiger partial charge < -0.3 is 9.47 Å². The van der Waals surface area contributed by atoms with Gasteiger partial charge in [0.15, 0.2) is 4.80 Å². The zero-order valence-electron chi connectivity index (χ0n) is 21.2. The van der Waals surface area contributed by atoms with Crippen molar-refractivity contribution >= 4 is 23.4 Å². The average Bonchev–Trinajstić information content (AvgIpc) is 3.38. The van der Waals surface area contributed by atoms with Crippen LogP contribution in [-0.2, 0) is 9.53 Å². The predicted molar refractivity (Wildman–Crippen MR) is 142 cm³/mol. The molecule has 0 unspecified atom stereocenters. The van der Waals surface area contributed by atoms with Crippen LogP contribution in [0.25, 0.3) is 11.8 Å². The number of allylic oxidation sites excluding steroid dienone is 1. The Morgan fingerprint density at radius 2 is 1.73 bits per heavy atom. The maximum atomic E-state index is 13.8. The van der Waals surface area contributed by atoms with E-state index in [1.165, 1.54) is 18.4 Å². The van der Waals surface area contributed by atoms with Crippen molar-refractivity contribution in [3.05, 3.63) is 108 Å². The van der Waals surface area contributed by atoms with Gasteiger partial charge in [0.05, 0.1) is 47.4 Å². The van der Waals surface area contributed by atoms with Crippen molar-refractivity contribution in [3.8, 4) is 11.4 Å². The van der Waals surface area contributed by atoms with E-state index in [-0.39, 0.29) is 5.56 Å². The number of benzene rings is 2.